The molecular formula is C14H24N4. The van der Waals surface area contributed by atoms with Crippen LogP contribution in [0.15, 0.2) is 18.5 Å². The molecule has 0 saturated carbocycles. The van der Waals surface area contributed by atoms with Gasteiger partial charge in [-0.3, -0.25) is 0 Å². The minimum absolute atomic E-state index is 0.585. The van der Waals surface area contributed by atoms with Gasteiger partial charge in [0, 0.05) is 31.5 Å². The number of anilines is 1. The Labute approximate surface area is 110 Å². The van der Waals surface area contributed by atoms with E-state index in [1.54, 1.807) is 0 Å². The van der Waals surface area contributed by atoms with Gasteiger partial charge in [0.2, 0.25) is 5.95 Å². The van der Waals surface area contributed by atoms with Gasteiger partial charge in [-0.2, -0.15) is 0 Å². The zero-order valence-corrected chi connectivity index (χ0v) is 11.5. The quantitative estimate of drug-likeness (QED) is 0.866. The van der Waals surface area contributed by atoms with Crippen LogP contribution >= 0.6 is 0 Å². The molecule has 2 rings (SSSR count). The summed E-state index contributed by atoms with van der Waals surface area (Å²) in [6.07, 6.45) is 7.37. The molecule has 1 aromatic rings. The molecule has 100 valence electrons. The van der Waals surface area contributed by atoms with E-state index in [-0.39, 0.29) is 0 Å². The molecule has 1 fully saturated rings. The van der Waals surface area contributed by atoms with Crippen LogP contribution in [0.4, 0.5) is 5.95 Å². The smallest absolute Gasteiger partial charge is 0.225 e. The molecule has 1 saturated heterocycles. The Morgan fingerprint density at radius 2 is 2.17 bits per heavy atom. The van der Waals surface area contributed by atoms with E-state index in [2.05, 4.69) is 34.0 Å². The molecule has 0 aliphatic carbocycles. The van der Waals surface area contributed by atoms with E-state index in [9.17, 15) is 0 Å². The standard InChI is InChI=1S/C14H24N4/c1-12(2)6-9-15-13-5-3-10-18(11-13)14-16-7-4-8-17-14/h4,7-8,12-13,15H,3,5-6,9-11H2,1-2H3. The zero-order valence-electron chi connectivity index (χ0n) is 11.5. The number of aromatic nitrogens is 2. The lowest BCUT2D eigenvalue weighted by atomic mass is 10.1. The molecule has 1 aromatic heterocycles. The van der Waals surface area contributed by atoms with E-state index in [0.29, 0.717) is 6.04 Å². The van der Waals surface area contributed by atoms with Gasteiger partial charge >= 0.3 is 0 Å². The van der Waals surface area contributed by atoms with Crippen molar-refractivity contribution in [2.45, 2.75) is 39.2 Å². The van der Waals surface area contributed by atoms with E-state index in [1.165, 1.54) is 19.3 Å². The first-order valence-electron chi connectivity index (χ1n) is 7.01. The molecular weight excluding hydrogens is 224 g/mol. The number of rotatable bonds is 5. The van der Waals surface area contributed by atoms with Gasteiger partial charge in [0.15, 0.2) is 0 Å². The van der Waals surface area contributed by atoms with Gasteiger partial charge in [-0.05, 0) is 37.8 Å². The Bertz CT molecular complexity index is 339. The van der Waals surface area contributed by atoms with Gasteiger partial charge < -0.3 is 10.2 Å². The average Bonchev–Trinajstić information content (AvgIpc) is 2.40. The second-order valence-corrected chi connectivity index (χ2v) is 5.47. The number of nitrogens with one attached hydrogen (secondary N) is 1. The van der Waals surface area contributed by atoms with Crippen molar-refractivity contribution in [2.75, 3.05) is 24.5 Å². The second kappa shape index (κ2) is 6.69. The molecule has 1 unspecified atom stereocenters. The lowest BCUT2D eigenvalue weighted by molar-refractivity contribution is 0.403. The second-order valence-electron chi connectivity index (χ2n) is 5.47. The van der Waals surface area contributed by atoms with Crippen LogP contribution in [0.1, 0.15) is 33.1 Å². The fourth-order valence-electron chi connectivity index (χ4n) is 2.36. The number of piperidine rings is 1. The first-order valence-corrected chi connectivity index (χ1v) is 7.01. The molecule has 1 aliphatic heterocycles. The number of nitrogens with zero attached hydrogens (tertiary/aromatic N) is 3. The monoisotopic (exact) mass is 248 g/mol. The zero-order chi connectivity index (χ0) is 12.8. The highest BCUT2D eigenvalue weighted by Gasteiger charge is 2.20. The fraction of sp³-hybridized carbons (Fsp3) is 0.714. The van der Waals surface area contributed by atoms with Crippen molar-refractivity contribution in [3.63, 3.8) is 0 Å². The molecule has 1 N–H and O–H groups in total. The molecule has 4 heteroatoms. The van der Waals surface area contributed by atoms with Crippen molar-refractivity contribution in [1.29, 1.82) is 0 Å². The molecule has 0 bridgehead atoms. The Hall–Kier alpha value is -1.16. The summed E-state index contributed by atoms with van der Waals surface area (Å²) in [6.45, 7) is 7.76. The topological polar surface area (TPSA) is 41.0 Å². The summed E-state index contributed by atoms with van der Waals surface area (Å²) in [5.41, 5.74) is 0. The molecule has 1 atom stereocenters. The van der Waals surface area contributed by atoms with Crippen LogP contribution in [0.25, 0.3) is 0 Å². The van der Waals surface area contributed by atoms with Gasteiger partial charge in [0.1, 0.15) is 0 Å². The van der Waals surface area contributed by atoms with E-state index in [1.807, 2.05) is 18.5 Å². The Morgan fingerprint density at radius 3 is 2.89 bits per heavy atom. The van der Waals surface area contributed by atoms with Gasteiger partial charge in [-0.1, -0.05) is 13.8 Å². The predicted octanol–water partition coefficient (Wildman–Crippen LogP) is 2.08. The molecule has 4 nitrogen and oxygen atoms in total. The van der Waals surface area contributed by atoms with Gasteiger partial charge in [0.25, 0.3) is 0 Å². The first kappa shape index (κ1) is 13.3. The van der Waals surface area contributed by atoms with Crippen molar-refractivity contribution < 1.29 is 0 Å². The summed E-state index contributed by atoms with van der Waals surface area (Å²) in [4.78, 5) is 11.0. The highest BCUT2D eigenvalue weighted by atomic mass is 15.3. The minimum Gasteiger partial charge on any atom is -0.339 e. The minimum atomic E-state index is 0.585. The summed E-state index contributed by atoms with van der Waals surface area (Å²) in [5, 5.41) is 3.66. The summed E-state index contributed by atoms with van der Waals surface area (Å²) in [5.74, 6) is 1.64. The van der Waals surface area contributed by atoms with Crippen LogP contribution in [0, 0.1) is 5.92 Å². The largest absolute Gasteiger partial charge is 0.339 e. The van der Waals surface area contributed by atoms with E-state index >= 15 is 0 Å². The molecule has 0 amide bonds. The number of hydrogen-bond donors (Lipinski definition) is 1. The molecule has 2 heterocycles. The summed E-state index contributed by atoms with van der Waals surface area (Å²) in [6, 6.07) is 2.45. The third-order valence-corrected chi connectivity index (χ3v) is 3.41. The van der Waals surface area contributed by atoms with Gasteiger partial charge in [0.05, 0.1) is 0 Å². The third kappa shape index (κ3) is 3.95. The SMILES string of the molecule is CC(C)CCNC1CCCN(c2ncccn2)C1. The summed E-state index contributed by atoms with van der Waals surface area (Å²) < 4.78 is 0. The molecule has 18 heavy (non-hydrogen) atoms. The Balaban J connectivity index is 1.81. The van der Waals surface area contributed by atoms with Crippen molar-refractivity contribution in [3.05, 3.63) is 18.5 Å². The molecule has 1 aliphatic rings. The highest BCUT2D eigenvalue weighted by Crippen LogP contribution is 2.15. The molecule has 0 spiro atoms. The van der Waals surface area contributed by atoms with Crippen molar-refractivity contribution in [3.8, 4) is 0 Å². The Morgan fingerprint density at radius 1 is 1.39 bits per heavy atom. The maximum absolute atomic E-state index is 4.33. The molecule has 0 aromatic carbocycles. The number of hydrogen-bond acceptors (Lipinski definition) is 4. The summed E-state index contributed by atoms with van der Waals surface area (Å²) >= 11 is 0. The van der Waals surface area contributed by atoms with Crippen molar-refractivity contribution in [2.24, 2.45) is 5.92 Å². The fourth-order valence-corrected chi connectivity index (χ4v) is 2.36. The maximum Gasteiger partial charge on any atom is 0.225 e. The van der Waals surface area contributed by atoms with Gasteiger partial charge in [-0.15, -0.1) is 0 Å². The van der Waals surface area contributed by atoms with E-state index < -0.39 is 0 Å². The van der Waals surface area contributed by atoms with Crippen LogP contribution in [-0.4, -0.2) is 35.6 Å². The van der Waals surface area contributed by atoms with Crippen molar-refractivity contribution in [1.82, 2.24) is 15.3 Å². The summed E-state index contributed by atoms with van der Waals surface area (Å²) in [7, 11) is 0. The lowest BCUT2D eigenvalue weighted by Gasteiger charge is -2.33. The van der Waals surface area contributed by atoms with E-state index in [0.717, 1.165) is 31.5 Å². The van der Waals surface area contributed by atoms with Crippen LogP contribution in [-0.2, 0) is 0 Å². The normalized spacial score (nSPS) is 20.4. The van der Waals surface area contributed by atoms with Crippen LogP contribution < -0.4 is 10.2 Å². The Kier molecular flexibility index (Phi) is 4.93. The predicted molar refractivity (Wildman–Crippen MR) is 74.7 cm³/mol. The van der Waals surface area contributed by atoms with Crippen molar-refractivity contribution >= 4 is 5.95 Å². The average molecular weight is 248 g/mol. The van der Waals surface area contributed by atoms with Crippen LogP contribution in [0.3, 0.4) is 0 Å². The van der Waals surface area contributed by atoms with Crippen LogP contribution in [0.2, 0.25) is 0 Å². The lowest BCUT2D eigenvalue weighted by Crippen LogP contribution is -2.46. The first-order chi connectivity index (χ1) is 8.75. The van der Waals surface area contributed by atoms with Crippen LogP contribution in [0.5, 0.6) is 0 Å². The highest BCUT2D eigenvalue weighted by molar-refractivity contribution is 5.29. The van der Waals surface area contributed by atoms with E-state index in [4.69, 9.17) is 0 Å². The molecule has 0 radical (unpaired) electrons. The third-order valence-electron chi connectivity index (χ3n) is 3.41. The van der Waals surface area contributed by atoms with Gasteiger partial charge in [-0.25, -0.2) is 9.97 Å². The maximum atomic E-state index is 4.33.